The molecule has 1 rings (SSSR count). The molecular formula is C45H81O9P. The van der Waals surface area contributed by atoms with E-state index in [9.17, 15) is 14.2 Å². The molecule has 0 aromatic rings. The summed E-state index contributed by atoms with van der Waals surface area (Å²) in [6.45, 7) is 5.97. The summed E-state index contributed by atoms with van der Waals surface area (Å²) < 4.78 is 32.1. The van der Waals surface area contributed by atoms with Crippen LogP contribution in [-0.2, 0) is 32.9 Å². The molecule has 9 nitrogen and oxygen atoms in total. The molecule has 2 unspecified atom stereocenters. The predicted octanol–water partition coefficient (Wildman–Crippen LogP) is 12.6. The number of phosphoric acid groups is 1. The summed E-state index contributed by atoms with van der Waals surface area (Å²) in [5, 5.41) is 0. The van der Waals surface area contributed by atoms with Crippen molar-refractivity contribution in [2.75, 3.05) is 13.2 Å². The SMILES string of the molecule is CCCCC/C=C\CC1OC1C/C=C\C/C=C\CCCC(=O)O[C@H](COC(=O)CCCCCCCCCCCCCCCCCCC(C)C)COP(=O)(O)O. The monoisotopic (exact) mass is 797 g/mol. The van der Waals surface area contributed by atoms with E-state index >= 15 is 0 Å². The molecular weight excluding hydrogens is 715 g/mol. The number of epoxide rings is 1. The van der Waals surface area contributed by atoms with Crippen molar-refractivity contribution in [3.63, 3.8) is 0 Å². The van der Waals surface area contributed by atoms with Gasteiger partial charge in [0.25, 0.3) is 0 Å². The van der Waals surface area contributed by atoms with Crippen molar-refractivity contribution in [1.82, 2.24) is 0 Å². The molecule has 0 bridgehead atoms. The summed E-state index contributed by atoms with van der Waals surface area (Å²) in [5.74, 6) is -0.111. The van der Waals surface area contributed by atoms with Crippen LogP contribution in [0.3, 0.4) is 0 Å². The van der Waals surface area contributed by atoms with Gasteiger partial charge in [0.1, 0.15) is 6.61 Å². The number of carbonyl (C=O) groups excluding carboxylic acids is 2. The van der Waals surface area contributed by atoms with Crippen LogP contribution < -0.4 is 0 Å². The minimum atomic E-state index is -4.77. The Kier molecular flexibility index (Phi) is 33.0. The summed E-state index contributed by atoms with van der Waals surface area (Å²) in [5.41, 5.74) is 0. The Balaban J connectivity index is 2.07. The van der Waals surface area contributed by atoms with E-state index in [-0.39, 0.29) is 19.4 Å². The molecule has 0 amide bonds. The zero-order valence-electron chi connectivity index (χ0n) is 35.2. The Morgan fingerprint density at radius 3 is 1.67 bits per heavy atom. The van der Waals surface area contributed by atoms with Gasteiger partial charge in [-0.3, -0.25) is 14.1 Å². The lowest BCUT2D eigenvalue weighted by molar-refractivity contribution is -0.161. The zero-order chi connectivity index (χ0) is 40.2. The maximum absolute atomic E-state index is 12.4. The molecule has 1 fully saturated rings. The molecule has 1 heterocycles. The van der Waals surface area contributed by atoms with Gasteiger partial charge in [0.15, 0.2) is 6.10 Å². The highest BCUT2D eigenvalue weighted by Gasteiger charge is 2.36. The Morgan fingerprint density at radius 2 is 1.11 bits per heavy atom. The molecule has 0 spiro atoms. The summed E-state index contributed by atoms with van der Waals surface area (Å²) in [7, 11) is -4.77. The number of esters is 2. The summed E-state index contributed by atoms with van der Waals surface area (Å²) >= 11 is 0. The van der Waals surface area contributed by atoms with E-state index in [0.29, 0.717) is 25.0 Å². The molecule has 1 aliphatic rings. The summed E-state index contributed by atoms with van der Waals surface area (Å²) in [6.07, 6.45) is 43.3. The fraction of sp³-hybridized carbons (Fsp3) is 0.822. The Hall–Kier alpha value is -1.77. The van der Waals surface area contributed by atoms with Gasteiger partial charge < -0.3 is 24.0 Å². The van der Waals surface area contributed by atoms with Gasteiger partial charge in [-0.1, -0.05) is 173 Å². The highest BCUT2D eigenvalue weighted by Crippen LogP contribution is 2.36. The Morgan fingerprint density at radius 1 is 0.618 bits per heavy atom. The van der Waals surface area contributed by atoms with Crippen molar-refractivity contribution in [2.45, 2.75) is 219 Å². The van der Waals surface area contributed by atoms with E-state index < -0.39 is 32.5 Å². The van der Waals surface area contributed by atoms with E-state index in [1.165, 1.54) is 109 Å². The standard InChI is InChI=1S/C45H81O9P/c1-4-5-6-7-24-29-34-42-43(54-42)35-30-25-20-18-22-27-32-37-45(47)53-41(39-52-55(48,49)50)38-51-44(46)36-31-26-21-17-15-13-11-9-8-10-12-14-16-19-23-28-33-40(2)3/h18,22,24-25,29-30,40-43H,4-17,19-21,23,26-28,31-39H2,1-3H3,(H2,48,49,50)/b22-18-,29-24-,30-25-/t41-,42?,43?/m1/s1. The first-order chi connectivity index (χ1) is 26.6. The second-order valence-corrected chi connectivity index (χ2v) is 17.1. The van der Waals surface area contributed by atoms with Gasteiger partial charge in [-0.15, -0.1) is 0 Å². The molecule has 3 atom stereocenters. The highest BCUT2D eigenvalue weighted by molar-refractivity contribution is 7.46. The second kappa shape index (κ2) is 35.4. The first-order valence-electron chi connectivity index (χ1n) is 22.3. The van der Waals surface area contributed by atoms with Crippen LogP contribution in [0.1, 0.15) is 201 Å². The van der Waals surface area contributed by atoms with Gasteiger partial charge in [-0.25, -0.2) is 4.57 Å². The number of hydrogen-bond acceptors (Lipinski definition) is 7. The summed E-state index contributed by atoms with van der Waals surface area (Å²) in [4.78, 5) is 42.9. The molecule has 0 aliphatic carbocycles. The van der Waals surface area contributed by atoms with Crippen LogP contribution >= 0.6 is 7.82 Å². The molecule has 0 aromatic heterocycles. The lowest BCUT2D eigenvalue weighted by Crippen LogP contribution is -2.29. The molecule has 320 valence electrons. The smallest absolute Gasteiger partial charge is 0.462 e. The van der Waals surface area contributed by atoms with Crippen LogP contribution in [0.5, 0.6) is 0 Å². The molecule has 0 aromatic carbocycles. The van der Waals surface area contributed by atoms with Crippen molar-refractivity contribution < 1.29 is 42.7 Å². The zero-order valence-corrected chi connectivity index (χ0v) is 36.1. The van der Waals surface area contributed by atoms with E-state index in [0.717, 1.165) is 50.9 Å². The van der Waals surface area contributed by atoms with E-state index in [4.69, 9.17) is 24.0 Å². The van der Waals surface area contributed by atoms with E-state index in [1.54, 1.807) is 0 Å². The van der Waals surface area contributed by atoms with Crippen LogP contribution in [0.2, 0.25) is 0 Å². The van der Waals surface area contributed by atoms with Gasteiger partial charge >= 0.3 is 19.8 Å². The Bertz CT molecular complexity index is 1070. The molecule has 2 N–H and O–H groups in total. The first kappa shape index (κ1) is 51.2. The van der Waals surface area contributed by atoms with Gasteiger partial charge in [0.2, 0.25) is 0 Å². The fourth-order valence-corrected chi connectivity index (χ4v) is 6.89. The molecule has 55 heavy (non-hydrogen) atoms. The molecule has 1 aliphatic heterocycles. The molecule has 1 saturated heterocycles. The largest absolute Gasteiger partial charge is 0.469 e. The third-order valence-corrected chi connectivity index (χ3v) is 10.5. The number of unbranched alkanes of at least 4 members (excludes halogenated alkanes) is 19. The lowest BCUT2D eigenvalue weighted by atomic mass is 10.0. The van der Waals surface area contributed by atoms with Gasteiger partial charge in [-0.05, 0) is 57.3 Å². The van der Waals surface area contributed by atoms with Crippen LogP contribution in [0.4, 0.5) is 0 Å². The van der Waals surface area contributed by atoms with Crippen molar-refractivity contribution in [3.8, 4) is 0 Å². The molecule has 0 saturated carbocycles. The molecule has 10 heteroatoms. The maximum Gasteiger partial charge on any atom is 0.469 e. The average Bonchev–Trinajstić information content (AvgIpc) is 3.90. The van der Waals surface area contributed by atoms with E-state index in [2.05, 4.69) is 55.7 Å². The quantitative estimate of drug-likeness (QED) is 0.0205. The van der Waals surface area contributed by atoms with Crippen LogP contribution in [0, 0.1) is 5.92 Å². The predicted molar refractivity (Wildman–Crippen MR) is 225 cm³/mol. The minimum Gasteiger partial charge on any atom is -0.462 e. The van der Waals surface area contributed by atoms with E-state index in [1.807, 2.05) is 6.08 Å². The summed E-state index contributed by atoms with van der Waals surface area (Å²) in [6, 6.07) is 0. The van der Waals surface area contributed by atoms with Crippen molar-refractivity contribution in [2.24, 2.45) is 5.92 Å². The second-order valence-electron chi connectivity index (χ2n) is 15.9. The average molecular weight is 797 g/mol. The number of hydrogen-bond donors (Lipinski definition) is 2. The normalized spacial score (nSPS) is 16.5. The Labute approximate surface area is 336 Å². The van der Waals surface area contributed by atoms with Crippen molar-refractivity contribution in [1.29, 1.82) is 0 Å². The number of allylic oxidation sites excluding steroid dienone is 4. The van der Waals surface area contributed by atoms with Crippen LogP contribution in [-0.4, -0.2) is 53.3 Å². The lowest BCUT2D eigenvalue weighted by Gasteiger charge is -2.18. The number of phosphoric ester groups is 1. The number of rotatable bonds is 39. The van der Waals surface area contributed by atoms with Crippen molar-refractivity contribution >= 4 is 19.8 Å². The fourth-order valence-electron chi connectivity index (χ4n) is 6.53. The maximum atomic E-state index is 12.4. The topological polar surface area (TPSA) is 132 Å². The third kappa shape index (κ3) is 36.3. The third-order valence-electron chi connectivity index (χ3n) is 9.99. The van der Waals surface area contributed by atoms with Gasteiger partial charge in [0, 0.05) is 12.8 Å². The molecule has 0 radical (unpaired) electrons. The van der Waals surface area contributed by atoms with Gasteiger partial charge in [0.05, 0.1) is 18.8 Å². The van der Waals surface area contributed by atoms with Crippen LogP contribution in [0.25, 0.3) is 0 Å². The number of ether oxygens (including phenoxy) is 3. The van der Waals surface area contributed by atoms with Crippen LogP contribution in [0.15, 0.2) is 36.5 Å². The first-order valence-corrected chi connectivity index (χ1v) is 23.8. The van der Waals surface area contributed by atoms with Gasteiger partial charge in [-0.2, -0.15) is 0 Å². The number of carbonyl (C=O) groups is 2. The van der Waals surface area contributed by atoms with Crippen molar-refractivity contribution in [3.05, 3.63) is 36.5 Å². The minimum absolute atomic E-state index is 0.132. The highest BCUT2D eigenvalue weighted by atomic mass is 31.2.